The minimum atomic E-state index is -0.671. The Morgan fingerprint density at radius 2 is 1.94 bits per heavy atom. The Morgan fingerprint density at radius 1 is 1.39 bits per heavy atom. The van der Waals surface area contributed by atoms with Crippen LogP contribution in [0, 0.1) is 17.4 Å². The van der Waals surface area contributed by atoms with Gasteiger partial charge in [-0.3, -0.25) is 10.1 Å². The van der Waals surface area contributed by atoms with Gasteiger partial charge in [-0.25, -0.2) is 0 Å². The number of carbonyl (C=O) groups excluding carboxylic acids is 1. The first kappa shape index (κ1) is 17.5. The maximum Gasteiger partial charge on any atom is 0.274 e. The monoisotopic (exact) mass is 319 g/mol. The number of nitrogens with zero attached hydrogens (tertiary/aromatic N) is 1. The van der Waals surface area contributed by atoms with Crippen molar-refractivity contribution < 1.29 is 9.53 Å². The zero-order valence-electron chi connectivity index (χ0n) is 10.6. The summed E-state index contributed by atoms with van der Waals surface area (Å²) in [5.41, 5.74) is 0. The van der Waals surface area contributed by atoms with Crippen LogP contribution >= 0.6 is 15.9 Å². The van der Waals surface area contributed by atoms with Crippen LogP contribution in [0.15, 0.2) is 28.7 Å². The predicted molar refractivity (Wildman–Crippen MR) is 72.9 cm³/mol. The van der Waals surface area contributed by atoms with Crippen LogP contribution < -0.4 is 10.1 Å². The second-order valence-electron chi connectivity index (χ2n) is 3.84. The summed E-state index contributed by atoms with van der Waals surface area (Å²) in [6.07, 6.45) is 0.940. The third kappa shape index (κ3) is 5.40. The summed E-state index contributed by atoms with van der Waals surface area (Å²) < 4.78 is 6.50. The third-order valence-corrected chi connectivity index (χ3v) is 2.65. The number of hydrogen-bond donors (Lipinski definition) is 1. The van der Waals surface area contributed by atoms with Gasteiger partial charge < -0.3 is 4.74 Å². The molecule has 0 aliphatic rings. The van der Waals surface area contributed by atoms with E-state index in [2.05, 4.69) is 21.2 Å². The second-order valence-corrected chi connectivity index (χ2v) is 4.75. The molecule has 0 bridgehead atoms. The average molecular weight is 320 g/mol. The minimum absolute atomic E-state index is 0. The summed E-state index contributed by atoms with van der Waals surface area (Å²) in [5, 5.41) is 10.5. The Labute approximate surface area is 137 Å². The first-order valence-corrected chi connectivity index (χ1v) is 5.95. The fraction of sp³-hybridized carbons (Fsp3) is 0.333. The first-order valence-electron chi connectivity index (χ1n) is 5.15. The van der Waals surface area contributed by atoms with Crippen molar-refractivity contribution in [2.45, 2.75) is 20.0 Å². The molecule has 0 saturated carbocycles. The Bertz CT molecular complexity index is 429. The summed E-state index contributed by atoms with van der Waals surface area (Å²) >= 11 is 3.32. The molecule has 0 spiro atoms. The first-order chi connectivity index (χ1) is 8.04. The Morgan fingerprint density at radius 3 is 2.39 bits per heavy atom. The summed E-state index contributed by atoms with van der Waals surface area (Å²) in [4.78, 5) is 11.6. The minimum Gasteiger partial charge on any atom is -0.480 e. The van der Waals surface area contributed by atoms with Gasteiger partial charge in [-0.1, -0.05) is 29.8 Å². The summed E-state index contributed by atoms with van der Waals surface area (Å²) in [7, 11) is 0. The molecule has 4 nitrogen and oxygen atoms in total. The van der Waals surface area contributed by atoms with E-state index in [4.69, 9.17) is 10.00 Å². The van der Waals surface area contributed by atoms with E-state index in [0.717, 1.165) is 4.47 Å². The molecule has 1 rings (SSSR count). The Hall–Kier alpha value is -0.540. The van der Waals surface area contributed by atoms with Crippen molar-refractivity contribution in [3.05, 3.63) is 28.7 Å². The standard InChI is InChI=1S/C12H13BrN2O2.Na/c1-8(2)11(12(16)15-7-14)17-10-5-3-9(13)4-6-10;/h3-6,8,11H,1-2H3,(H,15,16);/t11-;/m0./s1. The number of amides is 1. The van der Waals surface area contributed by atoms with Crippen molar-refractivity contribution in [3.8, 4) is 11.9 Å². The van der Waals surface area contributed by atoms with Gasteiger partial charge in [-0.05, 0) is 30.2 Å². The molecule has 0 aliphatic carbocycles. The SMILES string of the molecule is CC(C)[C@H](Oc1ccc(Br)cc1)C(=O)NC#N.[Na]. The van der Waals surface area contributed by atoms with E-state index >= 15 is 0 Å². The van der Waals surface area contributed by atoms with Crippen LogP contribution in [0.2, 0.25) is 0 Å². The fourth-order valence-corrected chi connectivity index (χ4v) is 1.54. The number of ether oxygens (including phenoxy) is 1. The van der Waals surface area contributed by atoms with E-state index in [0.29, 0.717) is 5.75 Å². The van der Waals surface area contributed by atoms with Crippen molar-refractivity contribution in [1.82, 2.24) is 5.32 Å². The molecule has 0 unspecified atom stereocenters. The van der Waals surface area contributed by atoms with Crippen LogP contribution in [0.1, 0.15) is 13.8 Å². The number of carbonyl (C=O) groups is 1. The number of benzene rings is 1. The maximum absolute atomic E-state index is 11.6. The number of rotatable bonds is 4. The van der Waals surface area contributed by atoms with Crippen molar-refractivity contribution in [1.29, 1.82) is 5.26 Å². The number of hydrogen-bond acceptors (Lipinski definition) is 3. The van der Waals surface area contributed by atoms with Crippen LogP contribution in [0.4, 0.5) is 0 Å². The van der Waals surface area contributed by atoms with Crippen LogP contribution in [-0.2, 0) is 4.79 Å². The van der Waals surface area contributed by atoms with Gasteiger partial charge in [0, 0.05) is 34.0 Å². The normalized spacial score (nSPS) is 11.1. The van der Waals surface area contributed by atoms with Gasteiger partial charge in [0.1, 0.15) is 5.75 Å². The third-order valence-electron chi connectivity index (χ3n) is 2.12. The molecule has 1 aromatic carbocycles. The molecule has 0 saturated heterocycles. The maximum atomic E-state index is 11.6. The zero-order chi connectivity index (χ0) is 12.8. The van der Waals surface area contributed by atoms with E-state index in [9.17, 15) is 4.79 Å². The van der Waals surface area contributed by atoms with E-state index in [1.54, 1.807) is 18.3 Å². The molecule has 1 radical (unpaired) electrons. The van der Waals surface area contributed by atoms with Gasteiger partial charge >= 0.3 is 0 Å². The van der Waals surface area contributed by atoms with E-state index in [1.165, 1.54) is 0 Å². The van der Waals surface area contributed by atoms with Gasteiger partial charge in [-0.15, -0.1) is 0 Å². The number of nitriles is 1. The van der Waals surface area contributed by atoms with Crippen LogP contribution in [0.25, 0.3) is 0 Å². The smallest absolute Gasteiger partial charge is 0.274 e. The molecule has 0 aromatic heterocycles. The average Bonchev–Trinajstić information content (AvgIpc) is 2.28. The molecular weight excluding hydrogens is 307 g/mol. The largest absolute Gasteiger partial charge is 0.480 e. The van der Waals surface area contributed by atoms with Crippen molar-refractivity contribution in [2.24, 2.45) is 5.92 Å². The molecular formula is C12H13BrN2NaO2. The molecule has 1 atom stereocenters. The van der Waals surface area contributed by atoms with E-state index in [-0.39, 0.29) is 35.5 Å². The van der Waals surface area contributed by atoms with Gasteiger partial charge in [-0.2, -0.15) is 5.26 Å². The zero-order valence-corrected chi connectivity index (χ0v) is 14.2. The number of halogens is 1. The summed E-state index contributed by atoms with van der Waals surface area (Å²) in [5.74, 6) is 0.150. The number of nitrogens with one attached hydrogen (secondary N) is 1. The molecule has 1 amide bonds. The van der Waals surface area contributed by atoms with Crippen LogP contribution in [0.5, 0.6) is 5.75 Å². The molecule has 1 aromatic rings. The van der Waals surface area contributed by atoms with Gasteiger partial charge in [0.2, 0.25) is 0 Å². The Kier molecular flexibility index (Phi) is 8.29. The van der Waals surface area contributed by atoms with Crippen LogP contribution in [-0.4, -0.2) is 41.6 Å². The summed E-state index contributed by atoms with van der Waals surface area (Å²) in [6, 6.07) is 7.18. The molecule has 1 N–H and O–H groups in total. The topological polar surface area (TPSA) is 62.1 Å². The quantitative estimate of drug-likeness (QED) is 0.525. The van der Waals surface area contributed by atoms with Crippen LogP contribution in [0.3, 0.4) is 0 Å². The second kappa shape index (κ2) is 8.54. The van der Waals surface area contributed by atoms with Crippen molar-refractivity contribution >= 4 is 51.4 Å². The van der Waals surface area contributed by atoms with Crippen molar-refractivity contribution in [2.75, 3.05) is 0 Å². The molecule has 0 heterocycles. The molecule has 0 fully saturated rings. The Balaban J connectivity index is 0.00000289. The van der Waals surface area contributed by atoms with E-state index in [1.807, 2.05) is 26.0 Å². The fourth-order valence-electron chi connectivity index (χ4n) is 1.28. The van der Waals surface area contributed by atoms with Gasteiger partial charge in [0.05, 0.1) is 0 Å². The molecule has 6 heteroatoms. The van der Waals surface area contributed by atoms with Gasteiger partial charge in [0.25, 0.3) is 5.91 Å². The van der Waals surface area contributed by atoms with E-state index < -0.39 is 12.0 Å². The van der Waals surface area contributed by atoms with Gasteiger partial charge in [0.15, 0.2) is 12.3 Å². The van der Waals surface area contributed by atoms with Crippen molar-refractivity contribution in [3.63, 3.8) is 0 Å². The summed E-state index contributed by atoms with van der Waals surface area (Å²) in [6.45, 7) is 3.72. The predicted octanol–water partition coefficient (Wildman–Crippen LogP) is 2.07. The molecule has 18 heavy (non-hydrogen) atoms. The molecule has 0 aliphatic heterocycles. The molecule has 91 valence electrons.